The molecule has 0 aromatic rings. The first-order valence-corrected chi connectivity index (χ1v) is 11.0. The first-order valence-electron chi connectivity index (χ1n) is 11.0. The maximum absolute atomic E-state index is 10.0. The van der Waals surface area contributed by atoms with Gasteiger partial charge in [0, 0.05) is 12.8 Å². The fraction of sp³-hybridized carbons (Fsp3) is 0.750. The minimum absolute atomic E-state index is 0.742. The van der Waals surface area contributed by atoms with Crippen molar-refractivity contribution in [1.29, 1.82) is 0 Å². The van der Waals surface area contributed by atoms with Crippen LogP contribution in [-0.2, 0) is 9.59 Å². The molecule has 2 heteroatoms. The van der Waals surface area contributed by atoms with Crippen LogP contribution in [0.15, 0.2) is 24.3 Å². The molecular weight excluding hydrogens is 320 g/mol. The van der Waals surface area contributed by atoms with Crippen LogP contribution in [0, 0.1) is 0 Å². The Hall–Kier alpha value is -1.18. The number of carbonyl (C=O) groups excluding carboxylic acids is 2. The third-order valence-electron chi connectivity index (χ3n) is 4.16. The van der Waals surface area contributed by atoms with Crippen LogP contribution in [0.2, 0.25) is 0 Å². The van der Waals surface area contributed by atoms with E-state index in [1.54, 1.807) is 0 Å². The second-order valence-electron chi connectivity index (χ2n) is 6.81. The fourth-order valence-electron chi connectivity index (χ4n) is 2.55. The number of carbonyl (C=O) groups is 2. The lowest BCUT2D eigenvalue weighted by Gasteiger charge is -1.96. The lowest BCUT2D eigenvalue weighted by Crippen LogP contribution is -1.80. The predicted molar refractivity (Wildman–Crippen MR) is 116 cm³/mol. The predicted octanol–water partition coefficient (Wildman–Crippen LogP) is 7.76. The molecule has 0 radical (unpaired) electrons. The molecule has 0 heterocycles. The van der Waals surface area contributed by atoms with Crippen molar-refractivity contribution in [2.75, 3.05) is 0 Å². The van der Waals surface area contributed by atoms with Crippen molar-refractivity contribution in [2.24, 2.45) is 0 Å². The standard InChI is InChI=1S/2C12H22O/c2*1-2-3-4-5-6-7-8-9-10-11-12-13/h4-5,12H,2-3,6-11H2,1H3;3-4,12H,2,5-11H2,1H3/b5-4-;4-3+. The minimum Gasteiger partial charge on any atom is -0.303 e. The zero-order valence-electron chi connectivity index (χ0n) is 17.6. The number of hydrogen-bond donors (Lipinski definition) is 0. The molecule has 0 spiro atoms. The Labute approximate surface area is 163 Å². The van der Waals surface area contributed by atoms with Gasteiger partial charge in [-0.05, 0) is 51.4 Å². The maximum atomic E-state index is 10.0. The van der Waals surface area contributed by atoms with Crippen LogP contribution < -0.4 is 0 Å². The van der Waals surface area contributed by atoms with Gasteiger partial charge < -0.3 is 9.59 Å². The highest BCUT2D eigenvalue weighted by molar-refractivity contribution is 5.49. The summed E-state index contributed by atoms with van der Waals surface area (Å²) in [5.74, 6) is 0. The number of unbranched alkanes of at least 4 members (excludes halogenated alkanes) is 12. The van der Waals surface area contributed by atoms with Crippen molar-refractivity contribution in [2.45, 2.75) is 117 Å². The van der Waals surface area contributed by atoms with Crippen LogP contribution in [-0.4, -0.2) is 12.6 Å². The highest BCUT2D eigenvalue weighted by atomic mass is 16.1. The van der Waals surface area contributed by atoms with E-state index in [2.05, 4.69) is 38.2 Å². The zero-order valence-corrected chi connectivity index (χ0v) is 17.6. The van der Waals surface area contributed by atoms with Gasteiger partial charge in [-0.2, -0.15) is 0 Å². The zero-order chi connectivity index (χ0) is 19.6. The van der Waals surface area contributed by atoms with Gasteiger partial charge in [-0.3, -0.25) is 0 Å². The van der Waals surface area contributed by atoms with Gasteiger partial charge in [-0.1, -0.05) is 76.7 Å². The molecule has 0 aromatic carbocycles. The van der Waals surface area contributed by atoms with E-state index >= 15 is 0 Å². The molecular formula is C24H44O2. The molecule has 0 atom stereocenters. The van der Waals surface area contributed by atoms with E-state index in [4.69, 9.17) is 0 Å². The van der Waals surface area contributed by atoms with Crippen LogP contribution in [0.25, 0.3) is 0 Å². The van der Waals surface area contributed by atoms with Gasteiger partial charge in [0.25, 0.3) is 0 Å². The van der Waals surface area contributed by atoms with Crippen molar-refractivity contribution in [3.8, 4) is 0 Å². The first kappa shape index (κ1) is 27.0. The van der Waals surface area contributed by atoms with Crippen molar-refractivity contribution in [3.63, 3.8) is 0 Å². The molecule has 0 aliphatic carbocycles. The molecule has 0 amide bonds. The van der Waals surface area contributed by atoms with Crippen LogP contribution in [0.3, 0.4) is 0 Å². The van der Waals surface area contributed by atoms with Gasteiger partial charge in [0.05, 0.1) is 0 Å². The molecule has 0 aliphatic rings. The molecule has 0 aromatic heterocycles. The highest BCUT2D eigenvalue weighted by Gasteiger charge is 1.89. The van der Waals surface area contributed by atoms with E-state index in [0.717, 1.165) is 44.7 Å². The van der Waals surface area contributed by atoms with Gasteiger partial charge in [0.15, 0.2) is 0 Å². The number of hydrogen-bond acceptors (Lipinski definition) is 2. The largest absolute Gasteiger partial charge is 0.303 e. The molecule has 0 saturated heterocycles. The first-order chi connectivity index (χ1) is 12.8. The third-order valence-corrected chi connectivity index (χ3v) is 4.16. The van der Waals surface area contributed by atoms with Crippen LogP contribution in [0.4, 0.5) is 0 Å². The van der Waals surface area contributed by atoms with E-state index in [1.165, 1.54) is 70.6 Å². The van der Waals surface area contributed by atoms with E-state index in [1.807, 2.05) is 0 Å². The molecule has 0 N–H and O–H groups in total. The summed E-state index contributed by atoms with van der Waals surface area (Å²) < 4.78 is 0. The SMILES string of the molecule is CC/C=C/CCCCCCCC=O.CCC/C=C\CCCCCCC=O. The van der Waals surface area contributed by atoms with Crippen molar-refractivity contribution in [1.82, 2.24) is 0 Å². The summed E-state index contributed by atoms with van der Waals surface area (Å²) in [5, 5.41) is 0. The highest BCUT2D eigenvalue weighted by Crippen LogP contribution is 2.07. The topological polar surface area (TPSA) is 34.1 Å². The van der Waals surface area contributed by atoms with E-state index < -0.39 is 0 Å². The van der Waals surface area contributed by atoms with E-state index in [-0.39, 0.29) is 0 Å². The van der Waals surface area contributed by atoms with E-state index in [9.17, 15) is 9.59 Å². The van der Waals surface area contributed by atoms with Gasteiger partial charge in [-0.25, -0.2) is 0 Å². The Morgan fingerprint density at radius 1 is 0.462 bits per heavy atom. The molecule has 26 heavy (non-hydrogen) atoms. The van der Waals surface area contributed by atoms with Crippen LogP contribution >= 0.6 is 0 Å². The Kier molecular flexibility index (Phi) is 29.8. The van der Waals surface area contributed by atoms with Gasteiger partial charge in [0.2, 0.25) is 0 Å². The Balaban J connectivity index is 0. The average molecular weight is 365 g/mol. The minimum atomic E-state index is 0.742. The van der Waals surface area contributed by atoms with E-state index in [0.29, 0.717) is 0 Å². The van der Waals surface area contributed by atoms with Crippen molar-refractivity contribution < 1.29 is 9.59 Å². The Bertz CT molecular complexity index is 318. The Morgan fingerprint density at radius 2 is 0.846 bits per heavy atom. The molecule has 0 bridgehead atoms. The van der Waals surface area contributed by atoms with Crippen LogP contribution in [0.5, 0.6) is 0 Å². The third kappa shape index (κ3) is 30.7. The summed E-state index contributed by atoms with van der Waals surface area (Å²) in [6, 6.07) is 0. The monoisotopic (exact) mass is 364 g/mol. The lowest BCUT2D eigenvalue weighted by molar-refractivity contribution is -0.108. The summed E-state index contributed by atoms with van der Waals surface area (Å²) in [7, 11) is 0. The molecule has 0 saturated carbocycles. The normalized spacial score (nSPS) is 10.8. The molecule has 0 fully saturated rings. The lowest BCUT2D eigenvalue weighted by atomic mass is 10.1. The molecule has 152 valence electrons. The summed E-state index contributed by atoms with van der Waals surface area (Å²) in [6.45, 7) is 4.36. The second kappa shape index (κ2) is 28.6. The fourth-order valence-corrected chi connectivity index (χ4v) is 2.55. The summed E-state index contributed by atoms with van der Waals surface area (Å²) in [6.07, 6.45) is 29.6. The molecule has 2 nitrogen and oxygen atoms in total. The van der Waals surface area contributed by atoms with Crippen molar-refractivity contribution in [3.05, 3.63) is 24.3 Å². The molecule has 0 rings (SSSR count). The summed E-state index contributed by atoms with van der Waals surface area (Å²) in [4.78, 5) is 20.0. The summed E-state index contributed by atoms with van der Waals surface area (Å²) in [5.41, 5.74) is 0. The quantitative estimate of drug-likeness (QED) is 0.141. The average Bonchev–Trinajstić information content (AvgIpc) is 2.66. The van der Waals surface area contributed by atoms with Gasteiger partial charge >= 0.3 is 0 Å². The Morgan fingerprint density at radius 3 is 1.27 bits per heavy atom. The molecule has 0 aliphatic heterocycles. The molecule has 0 unspecified atom stereocenters. The number of allylic oxidation sites excluding steroid dienone is 4. The van der Waals surface area contributed by atoms with Crippen LogP contribution in [0.1, 0.15) is 117 Å². The number of aldehydes is 2. The summed E-state index contributed by atoms with van der Waals surface area (Å²) >= 11 is 0. The van der Waals surface area contributed by atoms with Gasteiger partial charge in [-0.15, -0.1) is 0 Å². The van der Waals surface area contributed by atoms with Crippen molar-refractivity contribution >= 4 is 12.6 Å². The maximum Gasteiger partial charge on any atom is 0.119 e. The van der Waals surface area contributed by atoms with Gasteiger partial charge in [0.1, 0.15) is 12.6 Å². The second-order valence-corrected chi connectivity index (χ2v) is 6.81. The number of rotatable bonds is 18. The smallest absolute Gasteiger partial charge is 0.119 e.